The molecule has 3 atom stereocenters. The lowest BCUT2D eigenvalue weighted by molar-refractivity contribution is -0.139. The molecule has 0 saturated carbocycles. The quantitative estimate of drug-likeness (QED) is 0.302. The Bertz CT molecular complexity index is 1190. The van der Waals surface area contributed by atoms with Crippen molar-refractivity contribution < 1.29 is 23.9 Å². The number of anilines is 2. The van der Waals surface area contributed by atoms with E-state index in [1.54, 1.807) is 30.0 Å². The molecule has 7 nitrogen and oxygen atoms in total. The van der Waals surface area contributed by atoms with Crippen LogP contribution in [0.2, 0.25) is 0 Å². The summed E-state index contributed by atoms with van der Waals surface area (Å²) in [4.78, 5) is 53.9. The number of aryl methyl sites for hydroxylation is 2. The Morgan fingerprint density at radius 3 is 2.18 bits per heavy atom. The first-order valence-corrected chi connectivity index (χ1v) is 11.6. The first kappa shape index (κ1) is 22.1. The van der Waals surface area contributed by atoms with Crippen LogP contribution in [-0.4, -0.2) is 30.2 Å². The maximum atomic E-state index is 12.9. The summed E-state index contributed by atoms with van der Waals surface area (Å²) in [6.45, 7) is 4.03. The predicted molar refractivity (Wildman–Crippen MR) is 126 cm³/mol. The normalized spacial score (nSPS) is 24.1. The lowest BCUT2D eigenvalue weighted by Gasteiger charge is -2.19. The molecule has 2 aromatic carbocycles. The standard InChI is InChI=1S/C27H26N2O5/c1-16-7-9-19(10-8-16)28-15-18(14-24(28)30)27(33)34-20-11-12-23(17(2)13-20)29-25(31)21-5-3-4-6-22(21)26(29)32/h3-4,7-13,18,21-22H,5-6,14-15H2,1-2H3/t18-,21-,22-/m1/s1. The molecule has 2 aliphatic heterocycles. The number of fused-ring (bicyclic) bond motifs is 1. The molecule has 7 heteroatoms. The van der Waals surface area contributed by atoms with Gasteiger partial charge in [0.1, 0.15) is 5.75 Å². The topological polar surface area (TPSA) is 84.0 Å². The fourth-order valence-electron chi connectivity index (χ4n) is 5.02. The number of benzene rings is 2. The number of imide groups is 1. The average molecular weight is 459 g/mol. The number of hydrogen-bond donors (Lipinski definition) is 0. The highest BCUT2D eigenvalue weighted by Crippen LogP contribution is 2.39. The number of allylic oxidation sites excluding steroid dienone is 2. The minimum absolute atomic E-state index is 0.0946. The SMILES string of the molecule is Cc1ccc(N2C[C@H](C(=O)Oc3ccc(N4C(=O)[C@@H]5CC=CC[C@H]5C4=O)c(C)c3)CC2=O)cc1. The van der Waals surface area contributed by atoms with Gasteiger partial charge in [0.2, 0.25) is 17.7 Å². The Labute approximate surface area is 198 Å². The van der Waals surface area contributed by atoms with Crippen LogP contribution < -0.4 is 14.5 Å². The van der Waals surface area contributed by atoms with Gasteiger partial charge >= 0.3 is 5.97 Å². The number of carbonyl (C=O) groups is 4. The Morgan fingerprint density at radius 1 is 0.912 bits per heavy atom. The molecular weight excluding hydrogens is 432 g/mol. The van der Waals surface area contributed by atoms with Crippen molar-refractivity contribution in [1.29, 1.82) is 0 Å². The molecule has 2 aromatic rings. The zero-order valence-corrected chi connectivity index (χ0v) is 19.2. The molecule has 0 radical (unpaired) electrons. The summed E-state index contributed by atoms with van der Waals surface area (Å²) >= 11 is 0. The fourth-order valence-corrected chi connectivity index (χ4v) is 5.02. The third-order valence-corrected chi connectivity index (χ3v) is 6.94. The number of nitrogens with zero attached hydrogens (tertiary/aromatic N) is 2. The molecule has 5 rings (SSSR count). The van der Waals surface area contributed by atoms with Crippen LogP contribution in [0.4, 0.5) is 11.4 Å². The third kappa shape index (κ3) is 3.81. The summed E-state index contributed by atoms with van der Waals surface area (Å²) in [6.07, 6.45) is 5.18. The summed E-state index contributed by atoms with van der Waals surface area (Å²) < 4.78 is 5.58. The van der Waals surface area contributed by atoms with Crippen molar-refractivity contribution in [1.82, 2.24) is 0 Å². The summed E-state index contributed by atoms with van der Waals surface area (Å²) in [7, 11) is 0. The van der Waals surface area contributed by atoms with Crippen LogP contribution in [0.5, 0.6) is 5.75 Å². The van der Waals surface area contributed by atoms with E-state index in [-0.39, 0.29) is 42.5 Å². The molecule has 3 amide bonds. The van der Waals surface area contributed by atoms with Crippen LogP contribution in [0.3, 0.4) is 0 Å². The smallest absolute Gasteiger partial charge is 0.316 e. The highest BCUT2D eigenvalue weighted by atomic mass is 16.5. The molecular formula is C27H26N2O5. The zero-order chi connectivity index (χ0) is 24.0. The van der Waals surface area contributed by atoms with E-state index in [9.17, 15) is 19.2 Å². The van der Waals surface area contributed by atoms with E-state index in [0.29, 0.717) is 29.8 Å². The second-order valence-corrected chi connectivity index (χ2v) is 9.28. The molecule has 34 heavy (non-hydrogen) atoms. The van der Waals surface area contributed by atoms with Crippen molar-refractivity contribution >= 4 is 35.1 Å². The Balaban J connectivity index is 1.28. The number of esters is 1. The Morgan fingerprint density at radius 2 is 1.56 bits per heavy atom. The summed E-state index contributed by atoms with van der Waals surface area (Å²) in [5.74, 6) is -1.77. The van der Waals surface area contributed by atoms with E-state index in [1.807, 2.05) is 43.3 Å². The van der Waals surface area contributed by atoms with E-state index in [2.05, 4.69) is 0 Å². The van der Waals surface area contributed by atoms with Gasteiger partial charge in [-0.15, -0.1) is 0 Å². The summed E-state index contributed by atoms with van der Waals surface area (Å²) in [5, 5.41) is 0. The molecule has 2 fully saturated rings. The van der Waals surface area contributed by atoms with Crippen molar-refractivity contribution in [2.75, 3.05) is 16.3 Å². The second kappa shape index (κ2) is 8.56. The van der Waals surface area contributed by atoms with E-state index in [4.69, 9.17) is 4.74 Å². The molecule has 1 aliphatic carbocycles. The lowest BCUT2D eigenvalue weighted by Crippen LogP contribution is -2.31. The zero-order valence-electron chi connectivity index (χ0n) is 19.2. The van der Waals surface area contributed by atoms with Gasteiger partial charge in [-0.1, -0.05) is 29.8 Å². The van der Waals surface area contributed by atoms with Gasteiger partial charge in [0.15, 0.2) is 0 Å². The van der Waals surface area contributed by atoms with Crippen molar-refractivity contribution in [3.8, 4) is 5.75 Å². The van der Waals surface area contributed by atoms with Gasteiger partial charge in [-0.3, -0.25) is 19.2 Å². The first-order valence-electron chi connectivity index (χ1n) is 11.6. The van der Waals surface area contributed by atoms with Crippen LogP contribution in [0.15, 0.2) is 54.6 Å². The monoisotopic (exact) mass is 458 g/mol. The molecule has 3 aliphatic rings. The highest BCUT2D eigenvalue weighted by molar-refractivity contribution is 6.22. The lowest BCUT2D eigenvalue weighted by atomic mass is 9.85. The van der Waals surface area contributed by atoms with Crippen molar-refractivity contribution in [2.45, 2.75) is 33.1 Å². The first-order chi connectivity index (χ1) is 16.3. The van der Waals surface area contributed by atoms with E-state index in [0.717, 1.165) is 11.3 Å². The van der Waals surface area contributed by atoms with E-state index < -0.39 is 11.9 Å². The Hall–Kier alpha value is -3.74. The maximum absolute atomic E-state index is 12.9. The van der Waals surface area contributed by atoms with E-state index in [1.165, 1.54) is 4.90 Å². The molecule has 0 aromatic heterocycles. The number of rotatable bonds is 4. The van der Waals surface area contributed by atoms with Crippen molar-refractivity contribution in [2.24, 2.45) is 17.8 Å². The van der Waals surface area contributed by atoms with Gasteiger partial charge in [0.25, 0.3) is 0 Å². The number of ether oxygens (including phenoxy) is 1. The molecule has 2 heterocycles. The molecule has 2 saturated heterocycles. The van der Waals surface area contributed by atoms with Gasteiger partial charge in [0, 0.05) is 18.7 Å². The van der Waals surface area contributed by atoms with Crippen molar-refractivity contribution in [3.05, 3.63) is 65.7 Å². The van der Waals surface area contributed by atoms with Crippen molar-refractivity contribution in [3.63, 3.8) is 0 Å². The fraction of sp³-hybridized carbons (Fsp3) is 0.333. The summed E-state index contributed by atoms with van der Waals surface area (Å²) in [5.41, 5.74) is 3.05. The highest BCUT2D eigenvalue weighted by Gasteiger charge is 2.48. The third-order valence-electron chi connectivity index (χ3n) is 6.94. The van der Waals surface area contributed by atoms with E-state index >= 15 is 0 Å². The molecule has 174 valence electrons. The van der Waals surface area contributed by atoms with Crippen LogP contribution >= 0.6 is 0 Å². The van der Waals surface area contributed by atoms with Crippen LogP contribution in [0, 0.1) is 31.6 Å². The van der Waals surface area contributed by atoms with Gasteiger partial charge in [0.05, 0.1) is 23.4 Å². The molecule has 0 spiro atoms. The summed E-state index contributed by atoms with van der Waals surface area (Å²) in [6, 6.07) is 12.5. The molecule has 0 unspecified atom stereocenters. The predicted octanol–water partition coefficient (Wildman–Crippen LogP) is 3.72. The van der Waals surface area contributed by atoms with Gasteiger partial charge in [-0.2, -0.15) is 0 Å². The maximum Gasteiger partial charge on any atom is 0.316 e. The van der Waals surface area contributed by atoms with Gasteiger partial charge in [-0.25, -0.2) is 4.90 Å². The van der Waals surface area contributed by atoms with Crippen LogP contribution in [0.1, 0.15) is 30.4 Å². The number of hydrogen-bond acceptors (Lipinski definition) is 5. The van der Waals surface area contributed by atoms with Gasteiger partial charge in [-0.05, 0) is 62.6 Å². The minimum Gasteiger partial charge on any atom is -0.426 e. The molecule has 0 N–H and O–H groups in total. The number of amides is 3. The largest absolute Gasteiger partial charge is 0.426 e. The van der Waals surface area contributed by atoms with Crippen LogP contribution in [0.25, 0.3) is 0 Å². The van der Waals surface area contributed by atoms with Gasteiger partial charge < -0.3 is 9.64 Å². The molecule has 0 bridgehead atoms. The average Bonchev–Trinajstić information content (AvgIpc) is 3.33. The minimum atomic E-state index is -0.564. The van der Waals surface area contributed by atoms with Crippen LogP contribution in [-0.2, 0) is 19.2 Å². The number of carbonyl (C=O) groups excluding carboxylic acids is 4. The second-order valence-electron chi connectivity index (χ2n) is 9.28. The Kier molecular flexibility index (Phi) is 5.55.